The van der Waals surface area contributed by atoms with E-state index in [0.717, 1.165) is 29.8 Å². The number of aryl methyl sites for hydroxylation is 1. The summed E-state index contributed by atoms with van der Waals surface area (Å²) >= 11 is 0. The summed E-state index contributed by atoms with van der Waals surface area (Å²) in [5.41, 5.74) is 1.79. The van der Waals surface area contributed by atoms with Gasteiger partial charge in [0.05, 0.1) is 11.6 Å². The summed E-state index contributed by atoms with van der Waals surface area (Å²) in [6.45, 7) is 2.06. The van der Waals surface area contributed by atoms with E-state index in [4.69, 9.17) is 4.74 Å². The standard InChI is InChI=1S/C11H15N3O/c1-8(15-2)5-6-10-13-9-4-3-7-12-11(9)14-10/h3-4,7-8H,5-6H2,1-2H3,(H,12,13,14). The summed E-state index contributed by atoms with van der Waals surface area (Å²) in [5, 5.41) is 0. The molecule has 2 aromatic rings. The molecule has 4 nitrogen and oxygen atoms in total. The van der Waals surface area contributed by atoms with Crippen LogP contribution in [0, 0.1) is 0 Å². The van der Waals surface area contributed by atoms with E-state index in [9.17, 15) is 0 Å². The number of pyridine rings is 1. The predicted molar refractivity (Wildman–Crippen MR) is 58.7 cm³/mol. The maximum atomic E-state index is 5.19. The van der Waals surface area contributed by atoms with E-state index in [2.05, 4.69) is 21.9 Å². The van der Waals surface area contributed by atoms with E-state index in [1.807, 2.05) is 12.1 Å². The van der Waals surface area contributed by atoms with E-state index in [1.54, 1.807) is 13.3 Å². The molecule has 0 aliphatic rings. The van der Waals surface area contributed by atoms with Crippen LogP contribution in [0.5, 0.6) is 0 Å². The molecule has 80 valence electrons. The first-order chi connectivity index (χ1) is 7.29. The molecule has 0 aliphatic carbocycles. The fourth-order valence-electron chi connectivity index (χ4n) is 1.47. The van der Waals surface area contributed by atoms with Crippen LogP contribution in [-0.4, -0.2) is 28.2 Å². The van der Waals surface area contributed by atoms with E-state index >= 15 is 0 Å². The Morgan fingerprint density at radius 2 is 2.40 bits per heavy atom. The molecule has 2 aromatic heterocycles. The molecule has 0 aromatic carbocycles. The number of H-pyrrole nitrogens is 1. The fraction of sp³-hybridized carbons (Fsp3) is 0.455. The maximum Gasteiger partial charge on any atom is 0.177 e. The Hall–Kier alpha value is -1.42. The van der Waals surface area contributed by atoms with Gasteiger partial charge in [0, 0.05) is 19.7 Å². The number of nitrogens with zero attached hydrogens (tertiary/aromatic N) is 2. The van der Waals surface area contributed by atoms with Crippen molar-refractivity contribution in [2.45, 2.75) is 25.9 Å². The normalized spacial score (nSPS) is 13.2. The van der Waals surface area contributed by atoms with E-state index in [1.165, 1.54) is 0 Å². The monoisotopic (exact) mass is 205 g/mol. The third-order valence-corrected chi connectivity index (χ3v) is 2.50. The zero-order valence-electron chi connectivity index (χ0n) is 9.03. The maximum absolute atomic E-state index is 5.19. The Morgan fingerprint density at radius 3 is 3.13 bits per heavy atom. The molecule has 0 radical (unpaired) electrons. The lowest BCUT2D eigenvalue weighted by Gasteiger charge is -2.06. The number of imidazole rings is 1. The first-order valence-electron chi connectivity index (χ1n) is 5.12. The molecule has 15 heavy (non-hydrogen) atoms. The number of methoxy groups -OCH3 is 1. The van der Waals surface area contributed by atoms with Gasteiger partial charge in [0.1, 0.15) is 5.82 Å². The van der Waals surface area contributed by atoms with Gasteiger partial charge >= 0.3 is 0 Å². The van der Waals surface area contributed by atoms with Crippen LogP contribution < -0.4 is 0 Å². The predicted octanol–water partition coefficient (Wildman–Crippen LogP) is 1.93. The molecule has 0 spiro atoms. The number of nitrogens with one attached hydrogen (secondary N) is 1. The Bertz CT molecular complexity index is 405. The Kier molecular flexibility index (Phi) is 2.97. The number of aromatic amines is 1. The van der Waals surface area contributed by atoms with E-state index < -0.39 is 0 Å². The molecule has 1 N–H and O–H groups in total. The first-order valence-corrected chi connectivity index (χ1v) is 5.12. The second-order valence-electron chi connectivity index (χ2n) is 3.64. The smallest absolute Gasteiger partial charge is 0.177 e. The molecule has 0 saturated carbocycles. The fourth-order valence-corrected chi connectivity index (χ4v) is 1.47. The van der Waals surface area contributed by atoms with Crippen LogP contribution >= 0.6 is 0 Å². The molecule has 0 aliphatic heterocycles. The van der Waals surface area contributed by atoms with Gasteiger partial charge in [0.25, 0.3) is 0 Å². The van der Waals surface area contributed by atoms with Crippen molar-refractivity contribution in [2.24, 2.45) is 0 Å². The third kappa shape index (κ3) is 2.33. The number of ether oxygens (including phenoxy) is 1. The van der Waals surface area contributed by atoms with Crippen molar-refractivity contribution in [1.82, 2.24) is 15.0 Å². The molecule has 0 saturated heterocycles. The average Bonchev–Trinajstić information content (AvgIpc) is 2.68. The molecule has 1 unspecified atom stereocenters. The van der Waals surface area contributed by atoms with Crippen molar-refractivity contribution in [1.29, 1.82) is 0 Å². The number of hydrogen-bond acceptors (Lipinski definition) is 3. The summed E-state index contributed by atoms with van der Waals surface area (Å²) in [6.07, 6.45) is 3.89. The Morgan fingerprint density at radius 1 is 1.53 bits per heavy atom. The van der Waals surface area contributed by atoms with Crippen LogP contribution in [0.2, 0.25) is 0 Å². The minimum atomic E-state index is 0.270. The topological polar surface area (TPSA) is 50.8 Å². The summed E-state index contributed by atoms with van der Waals surface area (Å²) in [6, 6.07) is 3.89. The van der Waals surface area contributed by atoms with Crippen LogP contribution in [0.3, 0.4) is 0 Å². The highest BCUT2D eigenvalue weighted by molar-refractivity contribution is 5.69. The Balaban J connectivity index is 2.09. The van der Waals surface area contributed by atoms with Crippen molar-refractivity contribution >= 4 is 11.2 Å². The van der Waals surface area contributed by atoms with Crippen LogP contribution in [0.15, 0.2) is 18.3 Å². The molecule has 0 amide bonds. The second kappa shape index (κ2) is 4.40. The Labute approximate surface area is 88.7 Å². The van der Waals surface area contributed by atoms with Crippen molar-refractivity contribution in [2.75, 3.05) is 7.11 Å². The minimum absolute atomic E-state index is 0.270. The van der Waals surface area contributed by atoms with Gasteiger partial charge in [-0.2, -0.15) is 0 Å². The quantitative estimate of drug-likeness (QED) is 0.829. The highest BCUT2D eigenvalue weighted by atomic mass is 16.5. The van der Waals surface area contributed by atoms with Crippen molar-refractivity contribution in [3.63, 3.8) is 0 Å². The SMILES string of the molecule is COC(C)CCc1nc2ncccc2[nH]1. The lowest BCUT2D eigenvalue weighted by Crippen LogP contribution is -2.06. The molecule has 0 bridgehead atoms. The minimum Gasteiger partial charge on any atom is -0.382 e. The van der Waals surface area contributed by atoms with Gasteiger partial charge in [-0.25, -0.2) is 9.97 Å². The van der Waals surface area contributed by atoms with Crippen LogP contribution in [0.25, 0.3) is 11.2 Å². The lowest BCUT2D eigenvalue weighted by atomic mass is 10.2. The first kappa shape index (κ1) is 10.1. The van der Waals surface area contributed by atoms with Gasteiger partial charge in [-0.05, 0) is 25.5 Å². The second-order valence-corrected chi connectivity index (χ2v) is 3.64. The molecule has 4 heteroatoms. The molecule has 0 fully saturated rings. The largest absolute Gasteiger partial charge is 0.382 e. The van der Waals surface area contributed by atoms with Crippen LogP contribution in [-0.2, 0) is 11.2 Å². The van der Waals surface area contributed by atoms with Crippen molar-refractivity contribution in [3.8, 4) is 0 Å². The van der Waals surface area contributed by atoms with Gasteiger partial charge in [0.15, 0.2) is 5.65 Å². The van der Waals surface area contributed by atoms with Crippen LogP contribution in [0.4, 0.5) is 0 Å². The number of aromatic nitrogens is 3. The van der Waals surface area contributed by atoms with Gasteiger partial charge in [-0.15, -0.1) is 0 Å². The summed E-state index contributed by atoms with van der Waals surface area (Å²) in [4.78, 5) is 11.8. The lowest BCUT2D eigenvalue weighted by molar-refractivity contribution is 0.111. The molecule has 2 rings (SSSR count). The third-order valence-electron chi connectivity index (χ3n) is 2.50. The molecular weight excluding hydrogens is 190 g/mol. The highest BCUT2D eigenvalue weighted by Gasteiger charge is 2.05. The van der Waals surface area contributed by atoms with Crippen molar-refractivity contribution < 1.29 is 4.74 Å². The van der Waals surface area contributed by atoms with Gasteiger partial charge in [0.2, 0.25) is 0 Å². The number of fused-ring (bicyclic) bond motifs is 1. The van der Waals surface area contributed by atoms with Crippen molar-refractivity contribution in [3.05, 3.63) is 24.2 Å². The zero-order chi connectivity index (χ0) is 10.7. The van der Waals surface area contributed by atoms with Gasteiger partial charge in [-0.3, -0.25) is 0 Å². The van der Waals surface area contributed by atoms with Gasteiger partial charge in [-0.1, -0.05) is 0 Å². The average molecular weight is 205 g/mol. The molecule has 2 heterocycles. The van der Waals surface area contributed by atoms with Crippen LogP contribution in [0.1, 0.15) is 19.2 Å². The molecular formula is C11H15N3O. The number of hydrogen-bond donors (Lipinski definition) is 1. The highest BCUT2D eigenvalue weighted by Crippen LogP contribution is 2.10. The van der Waals surface area contributed by atoms with E-state index in [-0.39, 0.29) is 6.10 Å². The van der Waals surface area contributed by atoms with Gasteiger partial charge < -0.3 is 9.72 Å². The zero-order valence-corrected chi connectivity index (χ0v) is 9.03. The number of rotatable bonds is 4. The summed E-state index contributed by atoms with van der Waals surface area (Å²) in [7, 11) is 1.73. The molecule has 1 atom stereocenters. The van der Waals surface area contributed by atoms with E-state index in [0.29, 0.717) is 0 Å². The summed E-state index contributed by atoms with van der Waals surface area (Å²) in [5.74, 6) is 0.979. The summed E-state index contributed by atoms with van der Waals surface area (Å²) < 4.78 is 5.19.